The molecule has 1 spiro atoms. The molecule has 1 aromatic rings. The first-order valence-corrected chi connectivity index (χ1v) is 12.3. The number of fused-ring (bicyclic) bond motifs is 3. The predicted octanol–water partition coefficient (Wildman–Crippen LogP) is 2.66. The standard InChI is InChI=1S/C26H32O9/c1-22(2)15-9-16(27)24(4)14(25(15,12-33-22)17(28)10-18(29)30)5-7-23(3)19(13-6-8-32-11-13)34-21(31)20-26(23,24)35-20/h6,8,11,14-15,17,19-20,28H,5,7,9-10,12H2,1-4H3,(H,29,30)/t14-,15-,17-,19+,20-,23+,24+,25-,26-/m1/s1. The highest BCUT2D eigenvalue weighted by Crippen LogP contribution is 2.79. The van der Waals surface area contributed by atoms with Gasteiger partial charge in [0, 0.05) is 28.7 Å². The summed E-state index contributed by atoms with van der Waals surface area (Å²) in [6.07, 6.45) is 1.13. The molecule has 0 unspecified atom stereocenters. The van der Waals surface area contributed by atoms with Crippen LogP contribution in [-0.2, 0) is 28.6 Å². The van der Waals surface area contributed by atoms with E-state index in [2.05, 4.69) is 0 Å². The number of carbonyl (C=O) groups excluding carboxylic acids is 2. The van der Waals surface area contributed by atoms with Crippen LogP contribution in [0.25, 0.3) is 0 Å². The van der Waals surface area contributed by atoms with E-state index < -0.39 is 70.0 Å². The zero-order valence-electron chi connectivity index (χ0n) is 20.4. The van der Waals surface area contributed by atoms with Crippen LogP contribution in [0.1, 0.15) is 65.0 Å². The fraction of sp³-hybridized carbons (Fsp3) is 0.731. The molecule has 9 nitrogen and oxygen atoms in total. The van der Waals surface area contributed by atoms with Crippen molar-refractivity contribution in [2.45, 2.75) is 82.9 Å². The third kappa shape index (κ3) is 2.47. The van der Waals surface area contributed by atoms with Gasteiger partial charge in [-0.3, -0.25) is 9.59 Å². The van der Waals surface area contributed by atoms with Crippen molar-refractivity contribution >= 4 is 17.7 Å². The van der Waals surface area contributed by atoms with Gasteiger partial charge in [-0.1, -0.05) is 6.92 Å². The summed E-state index contributed by atoms with van der Waals surface area (Å²) >= 11 is 0. The number of Topliss-reactive ketones (excluding diaryl/α,β-unsaturated/α-hetero) is 1. The summed E-state index contributed by atoms with van der Waals surface area (Å²) in [7, 11) is 0. The normalized spacial score (nSPS) is 48.1. The Morgan fingerprint density at radius 2 is 1.91 bits per heavy atom. The Kier molecular flexibility index (Phi) is 4.47. The Morgan fingerprint density at radius 1 is 1.17 bits per heavy atom. The van der Waals surface area contributed by atoms with Crippen LogP contribution >= 0.6 is 0 Å². The van der Waals surface area contributed by atoms with Gasteiger partial charge in [-0.05, 0) is 45.6 Å². The van der Waals surface area contributed by atoms with Gasteiger partial charge in [0.2, 0.25) is 0 Å². The van der Waals surface area contributed by atoms with E-state index in [1.54, 1.807) is 12.3 Å². The summed E-state index contributed by atoms with van der Waals surface area (Å²) < 4.78 is 23.6. The topological polar surface area (TPSA) is 136 Å². The molecule has 190 valence electrons. The van der Waals surface area contributed by atoms with E-state index in [-0.39, 0.29) is 24.7 Å². The molecule has 4 heterocycles. The number of hydrogen-bond donors (Lipinski definition) is 2. The minimum atomic E-state index is -1.21. The Morgan fingerprint density at radius 3 is 2.57 bits per heavy atom. The maximum atomic E-state index is 14.2. The lowest BCUT2D eigenvalue weighted by atomic mass is 9.37. The van der Waals surface area contributed by atoms with Crippen LogP contribution in [0.2, 0.25) is 0 Å². The molecular formula is C26H32O9. The van der Waals surface area contributed by atoms with Gasteiger partial charge in [-0.25, -0.2) is 4.79 Å². The first-order valence-electron chi connectivity index (χ1n) is 12.3. The molecule has 0 radical (unpaired) electrons. The molecule has 35 heavy (non-hydrogen) atoms. The van der Waals surface area contributed by atoms with Gasteiger partial charge in [0.1, 0.15) is 17.5 Å². The van der Waals surface area contributed by atoms with Crippen molar-refractivity contribution in [3.05, 3.63) is 24.2 Å². The second-order valence-corrected chi connectivity index (χ2v) is 12.1. The summed E-state index contributed by atoms with van der Waals surface area (Å²) in [4.78, 5) is 39.0. The minimum Gasteiger partial charge on any atom is -0.481 e. The lowest BCUT2D eigenvalue weighted by Crippen LogP contribution is -2.72. The zero-order chi connectivity index (χ0) is 25.2. The van der Waals surface area contributed by atoms with Crippen LogP contribution in [0, 0.1) is 28.1 Å². The van der Waals surface area contributed by atoms with E-state index in [0.29, 0.717) is 18.4 Å². The number of hydrogen-bond acceptors (Lipinski definition) is 8. The fourth-order valence-electron chi connectivity index (χ4n) is 8.92. The van der Waals surface area contributed by atoms with E-state index in [9.17, 15) is 24.6 Å². The molecule has 2 saturated carbocycles. The van der Waals surface area contributed by atoms with Crippen molar-refractivity contribution in [2.75, 3.05) is 6.61 Å². The van der Waals surface area contributed by atoms with Crippen LogP contribution < -0.4 is 0 Å². The number of rotatable bonds is 4. The maximum Gasteiger partial charge on any atom is 0.339 e. The largest absolute Gasteiger partial charge is 0.481 e. The average molecular weight is 489 g/mol. The number of furan rings is 1. The highest BCUT2D eigenvalue weighted by molar-refractivity contribution is 5.93. The van der Waals surface area contributed by atoms with Crippen molar-refractivity contribution in [3.8, 4) is 0 Å². The van der Waals surface area contributed by atoms with Crippen molar-refractivity contribution in [2.24, 2.45) is 28.1 Å². The number of epoxide rings is 1. The third-order valence-electron chi connectivity index (χ3n) is 10.5. The number of aliphatic carboxylic acids is 1. The van der Waals surface area contributed by atoms with Gasteiger partial charge in [-0.2, -0.15) is 0 Å². The number of aliphatic hydroxyl groups excluding tert-OH is 1. The molecule has 9 heteroatoms. The summed E-state index contributed by atoms with van der Waals surface area (Å²) in [5, 5.41) is 21.0. The van der Waals surface area contributed by atoms with Crippen LogP contribution in [0.5, 0.6) is 0 Å². The van der Waals surface area contributed by atoms with Gasteiger partial charge < -0.3 is 28.8 Å². The fourth-order valence-corrected chi connectivity index (χ4v) is 8.92. The highest BCUT2D eigenvalue weighted by Gasteiger charge is 2.89. The molecule has 2 aliphatic carbocycles. The number of carboxylic acid groups (broad SMARTS) is 1. The minimum absolute atomic E-state index is 0.0294. The smallest absolute Gasteiger partial charge is 0.339 e. The lowest BCUT2D eigenvalue weighted by molar-refractivity contribution is -0.221. The van der Waals surface area contributed by atoms with Crippen molar-refractivity contribution in [3.63, 3.8) is 0 Å². The summed E-state index contributed by atoms with van der Waals surface area (Å²) in [5.41, 5.74) is -3.91. The number of cyclic esters (lactones) is 1. The second-order valence-electron chi connectivity index (χ2n) is 12.1. The number of ketones is 1. The van der Waals surface area contributed by atoms with Gasteiger partial charge in [0.25, 0.3) is 0 Å². The quantitative estimate of drug-likeness (QED) is 0.484. The van der Waals surface area contributed by atoms with Gasteiger partial charge in [-0.15, -0.1) is 0 Å². The maximum absolute atomic E-state index is 14.2. The lowest BCUT2D eigenvalue weighted by Gasteiger charge is -2.64. The summed E-state index contributed by atoms with van der Waals surface area (Å²) in [6, 6.07) is 1.76. The molecule has 5 fully saturated rings. The molecule has 1 aromatic heterocycles. The van der Waals surface area contributed by atoms with Crippen molar-refractivity contribution in [1.29, 1.82) is 0 Å². The molecule has 3 saturated heterocycles. The average Bonchev–Trinajstić information content (AvgIpc) is 3.23. The molecule has 6 rings (SSSR count). The summed E-state index contributed by atoms with van der Waals surface area (Å²) in [6.45, 7) is 7.82. The van der Waals surface area contributed by atoms with Crippen molar-refractivity contribution in [1.82, 2.24) is 0 Å². The van der Waals surface area contributed by atoms with Crippen LogP contribution in [0.3, 0.4) is 0 Å². The molecule has 0 aromatic carbocycles. The summed E-state index contributed by atoms with van der Waals surface area (Å²) in [5.74, 6) is -2.42. The Labute approximate surface area is 203 Å². The number of aliphatic hydroxyl groups is 1. The zero-order valence-corrected chi connectivity index (χ0v) is 20.4. The molecule has 0 amide bonds. The molecule has 0 bridgehead atoms. The number of carboxylic acids is 1. The second kappa shape index (κ2) is 6.75. The Hall–Kier alpha value is -2.23. The van der Waals surface area contributed by atoms with Crippen LogP contribution in [-0.4, -0.2) is 58.0 Å². The Bertz CT molecular complexity index is 1110. The third-order valence-corrected chi connectivity index (χ3v) is 10.5. The SMILES string of the molecule is CC1(C)OC[C@]2([C@H](O)CC(=O)O)[C@@H]1CC(=O)[C@]1(C)[C@H]2CC[C@@]2(C)[C@H](c3ccoc3)OC(=O)[C@H]3O[C@]321. The van der Waals surface area contributed by atoms with E-state index in [4.69, 9.17) is 18.6 Å². The molecule has 5 aliphatic rings. The highest BCUT2D eigenvalue weighted by atomic mass is 16.7. The van der Waals surface area contributed by atoms with E-state index >= 15 is 0 Å². The molecule has 9 atom stereocenters. The molecule has 2 N–H and O–H groups in total. The first-order chi connectivity index (χ1) is 16.4. The monoisotopic (exact) mass is 488 g/mol. The van der Waals surface area contributed by atoms with E-state index in [1.165, 1.54) is 6.26 Å². The van der Waals surface area contributed by atoms with Gasteiger partial charge >= 0.3 is 11.9 Å². The van der Waals surface area contributed by atoms with Gasteiger partial charge in [0.15, 0.2) is 6.10 Å². The molecule has 3 aliphatic heterocycles. The van der Waals surface area contributed by atoms with Crippen LogP contribution in [0.15, 0.2) is 23.0 Å². The van der Waals surface area contributed by atoms with E-state index in [1.807, 2.05) is 27.7 Å². The predicted molar refractivity (Wildman–Crippen MR) is 118 cm³/mol. The van der Waals surface area contributed by atoms with Crippen LogP contribution in [0.4, 0.5) is 0 Å². The van der Waals surface area contributed by atoms with Gasteiger partial charge in [0.05, 0.1) is 42.7 Å². The number of ether oxygens (including phenoxy) is 3. The number of esters is 1. The Balaban J connectivity index is 1.52. The number of carbonyl (C=O) groups is 3. The first kappa shape index (κ1) is 23.2. The van der Waals surface area contributed by atoms with E-state index in [0.717, 1.165) is 0 Å². The molecular weight excluding hydrogens is 456 g/mol. The van der Waals surface area contributed by atoms with Crippen molar-refractivity contribution < 1.29 is 43.2 Å².